The molecule has 1 heterocycles. The number of amides is 1. The van der Waals surface area contributed by atoms with E-state index in [-0.39, 0.29) is 16.6 Å². The van der Waals surface area contributed by atoms with Crippen molar-refractivity contribution in [3.05, 3.63) is 48.0 Å². The summed E-state index contributed by atoms with van der Waals surface area (Å²) in [7, 11) is -2.33. The van der Waals surface area contributed by atoms with Gasteiger partial charge in [0.1, 0.15) is 11.5 Å². The topological polar surface area (TPSA) is 112 Å². The van der Waals surface area contributed by atoms with Crippen molar-refractivity contribution >= 4 is 48.4 Å². The second-order valence-electron chi connectivity index (χ2n) is 5.90. The molecule has 10 heteroatoms. The zero-order chi connectivity index (χ0) is 21.0. The number of rotatable bonds is 7. The number of fused-ring (bicyclic) bond motifs is 1. The fourth-order valence-electron chi connectivity index (χ4n) is 2.51. The van der Waals surface area contributed by atoms with Crippen molar-refractivity contribution in [1.82, 2.24) is 4.98 Å². The number of nitrogens with zero attached hydrogens (tertiary/aromatic N) is 1. The van der Waals surface area contributed by atoms with Crippen LogP contribution >= 0.6 is 11.3 Å². The average Bonchev–Trinajstić information content (AvgIpc) is 3.08. The first-order valence-electron chi connectivity index (χ1n) is 8.57. The first-order valence-corrected chi connectivity index (χ1v) is 11.0. The summed E-state index contributed by atoms with van der Waals surface area (Å²) in [5.41, 5.74) is 0.958. The summed E-state index contributed by atoms with van der Waals surface area (Å²) >= 11 is 1.14. The number of benzene rings is 2. The van der Waals surface area contributed by atoms with Gasteiger partial charge in [-0.1, -0.05) is 11.3 Å². The molecule has 0 atom stereocenters. The number of nitrogens with one attached hydrogen (secondary N) is 1. The Bertz CT molecular complexity index is 1150. The number of carbonyl (C=O) groups excluding carboxylic acids is 2. The van der Waals surface area contributed by atoms with Crippen LogP contribution in [0.15, 0.2) is 47.4 Å². The van der Waals surface area contributed by atoms with Crippen LogP contribution in [0.25, 0.3) is 10.2 Å². The van der Waals surface area contributed by atoms with Gasteiger partial charge >= 0.3 is 5.97 Å². The SMILES string of the molecule is CCOC(=O)c1ccc2nc(NC(=O)CS(=O)(=O)c3ccc(OC)cc3)sc2c1. The number of anilines is 1. The Morgan fingerprint density at radius 1 is 1.14 bits per heavy atom. The van der Waals surface area contributed by atoms with E-state index in [9.17, 15) is 18.0 Å². The van der Waals surface area contributed by atoms with Crippen LogP contribution < -0.4 is 10.1 Å². The number of aromatic nitrogens is 1. The number of carbonyl (C=O) groups is 2. The Morgan fingerprint density at radius 2 is 1.86 bits per heavy atom. The van der Waals surface area contributed by atoms with Gasteiger partial charge in [-0.3, -0.25) is 4.79 Å². The lowest BCUT2D eigenvalue weighted by molar-refractivity contribution is -0.113. The van der Waals surface area contributed by atoms with E-state index in [1.807, 2.05) is 0 Å². The summed E-state index contributed by atoms with van der Waals surface area (Å²) < 4.78 is 35.5. The summed E-state index contributed by atoms with van der Waals surface area (Å²) in [6.45, 7) is 1.99. The largest absolute Gasteiger partial charge is 0.497 e. The fraction of sp³-hybridized carbons (Fsp3) is 0.211. The molecule has 0 aliphatic carbocycles. The fourth-order valence-corrected chi connectivity index (χ4v) is 4.57. The third-order valence-electron chi connectivity index (χ3n) is 3.89. The van der Waals surface area contributed by atoms with Crippen LogP contribution in [-0.4, -0.2) is 44.7 Å². The zero-order valence-corrected chi connectivity index (χ0v) is 17.3. The molecule has 0 saturated heterocycles. The molecule has 29 heavy (non-hydrogen) atoms. The lowest BCUT2D eigenvalue weighted by Crippen LogP contribution is -2.22. The third-order valence-corrected chi connectivity index (χ3v) is 6.45. The molecule has 152 valence electrons. The average molecular weight is 434 g/mol. The molecular weight excluding hydrogens is 416 g/mol. The van der Waals surface area contributed by atoms with Crippen molar-refractivity contribution in [1.29, 1.82) is 0 Å². The van der Waals surface area contributed by atoms with Crippen molar-refractivity contribution in [3.8, 4) is 5.75 Å². The van der Waals surface area contributed by atoms with E-state index in [1.54, 1.807) is 25.1 Å². The first-order chi connectivity index (χ1) is 13.8. The van der Waals surface area contributed by atoms with Gasteiger partial charge in [0.25, 0.3) is 0 Å². The monoisotopic (exact) mass is 434 g/mol. The Morgan fingerprint density at radius 3 is 2.52 bits per heavy atom. The number of methoxy groups -OCH3 is 1. The second-order valence-corrected chi connectivity index (χ2v) is 8.93. The molecular formula is C19H18N2O6S2. The number of hydrogen-bond acceptors (Lipinski definition) is 8. The highest BCUT2D eigenvalue weighted by Crippen LogP contribution is 2.27. The van der Waals surface area contributed by atoms with Gasteiger partial charge in [-0.15, -0.1) is 0 Å². The Hall–Kier alpha value is -2.98. The maximum absolute atomic E-state index is 12.4. The summed E-state index contributed by atoms with van der Waals surface area (Å²) in [5, 5.41) is 2.75. The molecule has 8 nitrogen and oxygen atoms in total. The van der Waals surface area contributed by atoms with Gasteiger partial charge in [0.2, 0.25) is 5.91 Å². The lowest BCUT2D eigenvalue weighted by Gasteiger charge is -2.05. The predicted molar refractivity (Wildman–Crippen MR) is 109 cm³/mol. The highest BCUT2D eigenvalue weighted by molar-refractivity contribution is 7.92. The first kappa shape index (κ1) is 20.7. The smallest absolute Gasteiger partial charge is 0.338 e. The van der Waals surface area contributed by atoms with Gasteiger partial charge in [0.05, 0.1) is 34.4 Å². The quantitative estimate of drug-likeness (QED) is 0.569. The summed E-state index contributed by atoms with van der Waals surface area (Å²) in [4.78, 5) is 28.3. The molecule has 0 bridgehead atoms. The Balaban J connectivity index is 1.72. The molecule has 3 rings (SSSR count). The maximum Gasteiger partial charge on any atom is 0.338 e. The summed E-state index contributed by atoms with van der Waals surface area (Å²) in [6.07, 6.45) is 0. The predicted octanol–water partition coefficient (Wildman–Crippen LogP) is 2.89. The van der Waals surface area contributed by atoms with Gasteiger partial charge in [0, 0.05) is 0 Å². The number of ether oxygens (including phenoxy) is 2. The van der Waals surface area contributed by atoms with Crippen LogP contribution in [0.4, 0.5) is 5.13 Å². The van der Waals surface area contributed by atoms with Crippen molar-refractivity contribution in [2.45, 2.75) is 11.8 Å². The van der Waals surface area contributed by atoms with E-state index >= 15 is 0 Å². The van der Waals surface area contributed by atoms with Gasteiger partial charge in [-0.05, 0) is 49.4 Å². The summed E-state index contributed by atoms with van der Waals surface area (Å²) in [5.74, 6) is -1.35. The van der Waals surface area contributed by atoms with Crippen molar-refractivity contribution in [3.63, 3.8) is 0 Å². The Kier molecular flexibility index (Phi) is 6.14. The number of hydrogen-bond donors (Lipinski definition) is 1. The molecule has 0 saturated carbocycles. The minimum Gasteiger partial charge on any atom is -0.497 e. The van der Waals surface area contributed by atoms with E-state index in [4.69, 9.17) is 9.47 Å². The molecule has 1 N–H and O–H groups in total. The van der Waals surface area contributed by atoms with Crippen LogP contribution in [0.1, 0.15) is 17.3 Å². The van der Waals surface area contributed by atoms with Crippen LogP contribution in [0, 0.1) is 0 Å². The standard InChI is InChI=1S/C19H18N2O6S2/c1-3-27-18(23)12-4-9-15-16(10-12)28-19(20-15)21-17(22)11-29(24,25)14-7-5-13(26-2)6-8-14/h4-10H,3,11H2,1-2H3,(H,20,21,22). The molecule has 0 aliphatic rings. The normalized spacial score (nSPS) is 11.2. The molecule has 1 amide bonds. The number of thiazole rings is 1. The van der Waals surface area contributed by atoms with Crippen LogP contribution in [0.3, 0.4) is 0 Å². The second kappa shape index (κ2) is 8.58. The number of sulfone groups is 1. The van der Waals surface area contributed by atoms with E-state index in [2.05, 4.69) is 10.3 Å². The molecule has 0 fully saturated rings. The maximum atomic E-state index is 12.4. The van der Waals surface area contributed by atoms with Crippen LogP contribution in [0.5, 0.6) is 5.75 Å². The van der Waals surface area contributed by atoms with E-state index < -0.39 is 27.5 Å². The van der Waals surface area contributed by atoms with Gasteiger partial charge in [-0.25, -0.2) is 18.2 Å². The molecule has 0 aliphatic heterocycles. The molecule has 2 aromatic carbocycles. The molecule has 0 spiro atoms. The lowest BCUT2D eigenvalue weighted by atomic mass is 10.2. The molecule has 1 aromatic heterocycles. The minimum atomic E-state index is -3.81. The zero-order valence-electron chi connectivity index (χ0n) is 15.7. The van der Waals surface area contributed by atoms with Crippen molar-refractivity contribution < 1.29 is 27.5 Å². The highest BCUT2D eigenvalue weighted by atomic mass is 32.2. The third kappa shape index (κ3) is 4.90. The van der Waals surface area contributed by atoms with E-state index in [1.165, 1.54) is 31.4 Å². The molecule has 0 unspecified atom stereocenters. The minimum absolute atomic E-state index is 0.0248. The molecule has 3 aromatic rings. The molecule has 0 radical (unpaired) electrons. The number of esters is 1. The van der Waals surface area contributed by atoms with E-state index in [0.717, 1.165) is 11.3 Å². The Labute approximate surface area is 171 Å². The van der Waals surface area contributed by atoms with Crippen LogP contribution in [-0.2, 0) is 19.4 Å². The van der Waals surface area contributed by atoms with Gasteiger partial charge in [0.15, 0.2) is 15.0 Å². The van der Waals surface area contributed by atoms with Crippen molar-refractivity contribution in [2.24, 2.45) is 0 Å². The van der Waals surface area contributed by atoms with Gasteiger partial charge in [-0.2, -0.15) is 0 Å². The summed E-state index contributed by atoms with van der Waals surface area (Å²) in [6, 6.07) is 10.6. The highest BCUT2D eigenvalue weighted by Gasteiger charge is 2.20. The van der Waals surface area contributed by atoms with Crippen molar-refractivity contribution in [2.75, 3.05) is 24.8 Å². The van der Waals surface area contributed by atoms with E-state index in [0.29, 0.717) is 21.5 Å². The van der Waals surface area contributed by atoms with Crippen LogP contribution in [0.2, 0.25) is 0 Å². The van der Waals surface area contributed by atoms with Gasteiger partial charge < -0.3 is 14.8 Å².